The smallest absolute Gasteiger partial charge is 0.239 e. The number of nitrogens with zero attached hydrogens (tertiary/aromatic N) is 1. The number of amides is 1. The van der Waals surface area contributed by atoms with E-state index in [0.29, 0.717) is 0 Å². The molecule has 0 heterocycles. The van der Waals surface area contributed by atoms with Crippen molar-refractivity contribution in [2.24, 2.45) is 0 Å². The maximum absolute atomic E-state index is 12.1. The van der Waals surface area contributed by atoms with Crippen LogP contribution in [0, 0.1) is 6.92 Å². The minimum atomic E-state index is -0.688. The molecule has 1 amide bonds. The van der Waals surface area contributed by atoms with Crippen LogP contribution in [-0.4, -0.2) is 30.6 Å². The second-order valence-electron chi connectivity index (χ2n) is 5.53. The summed E-state index contributed by atoms with van der Waals surface area (Å²) in [5, 5.41) is 13.0. The third-order valence-corrected chi connectivity index (χ3v) is 3.88. The lowest BCUT2D eigenvalue weighted by molar-refractivity contribution is -0.120. The van der Waals surface area contributed by atoms with Crippen LogP contribution in [-0.2, 0) is 4.79 Å². The van der Waals surface area contributed by atoms with E-state index in [-0.39, 0.29) is 19.0 Å². The number of para-hydroxylation sites is 1. The molecule has 1 atom stereocenters. The van der Waals surface area contributed by atoms with Gasteiger partial charge in [-0.2, -0.15) is 0 Å². The Morgan fingerprint density at radius 2 is 1.78 bits per heavy atom. The van der Waals surface area contributed by atoms with Crippen molar-refractivity contribution in [2.75, 3.05) is 24.5 Å². The number of carbonyl (C=O) groups excluding carboxylic acids is 1. The van der Waals surface area contributed by atoms with Gasteiger partial charge in [-0.3, -0.25) is 4.79 Å². The Morgan fingerprint density at radius 3 is 2.43 bits per heavy atom. The molecule has 0 saturated heterocycles. The molecule has 0 aliphatic rings. The Morgan fingerprint density at radius 1 is 1.13 bits per heavy atom. The molecule has 0 fully saturated rings. The van der Waals surface area contributed by atoms with Crippen LogP contribution in [0.25, 0.3) is 0 Å². The van der Waals surface area contributed by atoms with Gasteiger partial charge in [0.05, 0.1) is 12.6 Å². The van der Waals surface area contributed by atoms with Crippen molar-refractivity contribution in [1.29, 1.82) is 0 Å². The first-order valence-corrected chi connectivity index (χ1v) is 7.92. The number of carbonyl (C=O) groups is 1. The average molecular weight is 312 g/mol. The fourth-order valence-electron chi connectivity index (χ4n) is 2.53. The van der Waals surface area contributed by atoms with Crippen LogP contribution in [0.4, 0.5) is 5.69 Å². The minimum Gasteiger partial charge on any atom is -0.387 e. The molecule has 0 spiro atoms. The molecule has 0 aromatic heterocycles. The van der Waals surface area contributed by atoms with Gasteiger partial charge in [-0.05, 0) is 37.1 Å². The van der Waals surface area contributed by atoms with Gasteiger partial charge in [0.25, 0.3) is 0 Å². The van der Waals surface area contributed by atoms with Crippen molar-refractivity contribution >= 4 is 11.6 Å². The standard InChI is InChI=1S/C19H24N2O2/c1-3-21(16-10-5-4-6-11-16)14-19(23)20-13-18(22)17-12-8-7-9-15(17)2/h4-12,18,22H,3,13-14H2,1-2H3,(H,20,23). The third kappa shape index (κ3) is 4.83. The lowest BCUT2D eigenvalue weighted by Crippen LogP contribution is -2.38. The highest BCUT2D eigenvalue weighted by Gasteiger charge is 2.13. The molecular weight excluding hydrogens is 288 g/mol. The Balaban J connectivity index is 1.88. The summed E-state index contributed by atoms with van der Waals surface area (Å²) in [6.45, 7) is 5.21. The maximum Gasteiger partial charge on any atom is 0.239 e. The topological polar surface area (TPSA) is 52.6 Å². The Hall–Kier alpha value is -2.33. The molecule has 4 heteroatoms. The number of aryl methyl sites for hydroxylation is 1. The molecule has 23 heavy (non-hydrogen) atoms. The molecule has 0 bridgehead atoms. The first kappa shape index (κ1) is 17.0. The summed E-state index contributed by atoms with van der Waals surface area (Å²) in [5.41, 5.74) is 2.89. The summed E-state index contributed by atoms with van der Waals surface area (Å²) in [6.07, 6.45) is -0.688. The third-order valence-electron chi connectivity index (χ3n) is 3.88. The molecule has 2 rings (SSSR count). The molecular formula is C19H24N2O2. The Kier molecular flexibility index (Phi) is 6.18. The molecule has 0 aliphatic heterocycles. The molecule has 4 nitrogen and oxygen atoms in total. The Labute approximate surface area is 137 Å². The van der Waals surface area contributed by atoms with Crippen molar-refractivity contribution < 1.29 is 9.90 Å². The van der Waals surface area contributed by atoms with E-state index in [0.717, 1.165) is 23.4 Å². The zero-order valence-corrected chi connectivity index (χ0v) is 13.7. The fraction of sp³-hybridized carbons (Fsp3) is 0.316. The maximum atomic E-state index is 12.1. The number of aliphatic hydroxyl groups is 1. The number of anilines is 1. The van der Waals surface area contributed by atoms with Gasteiger partial charge in [0.1, 0.15) is 0 Å². The van der Waals surface area contributed by atoms with Gasteiger partial charge in [0, 0.05) is 18.8 Å². The molecule has 0 aliphatic carbocycles. The van der Waals surface area contributed by atoms with Crippen molar-refractivity contribution in [3.63, 3.8) is 0 Å². The Bertz CT molecular complexity index is 628. The van der Waals surface area contributed by atoms with Gasteiger partial charge < -0.3 is 15.3 Å². The molecule has 2 N–H and O–H groups in total. The van der Waals surface area contributed by atoms with E-state index in [2.05, 4.69) is 5.32 Å². The van der Waals surface area contributed by atoms with Gasteiger partial charge in [-0.15, -0.1) is 0 Å². The van der Waals surface area contributed by atoms with Gasteiger partial charge in [0.15, 0.2) is 0 Å². The average Bonchev–Trinajstić information content (AvgIpc) is 2.58. The molecule has 122 valence electrons. The highest BCUT2D eigenvalue weighted by atomic mass is 16.3. The molecule has 0 saturated carbocycles. The first-order valence-electron chi connectivity index (χ1n) is 7.92. The second-order valence-corrected chi connectivity index (χ2v) is 5.53. The normalized spacial score (nSPS) is 11.8. The highest BCUT2D eigenvalue weighted by Crippen LogP contribution is 2.16. The summed E-state index contributed by atoms with van der Waals surface area (Å²) in [7, 11) is 0. The highest BCUT2D eigenvalue weighted by molar-refractivity contribution is 5.81. The molecule has 1 unspecified atom stereocenters. The van der Waals surface area contributed by atoms with E-state index in [1.165, 1.54) is 0 Å². The van der Waals surface area contributed by atoms with E-state index in [1.807, 2.05) is 73.3 Å². The van der Waals surface area contributed by atoms with Gasteiger partial charge in [0.2, 0.25) is 5.91 Å². The van der Waals surface area contributed by atoms with Crippen LogP contribution in [0.1, 0.15) is 24.2 Å². The van der Waals surface area contributed by atoms with Crippen molar-refractivity contribution in [2.45, 2.75) is 20.0 Å². The molecule has 2 aromatic carbocycles. The SMILES string of the molecule is CCN(CC(=O)NCC(O)c1ccccc1C)c1ccccc1. The van der Waals surface area contributed by atoms with Crippen LogP contribution < -0.4 is 10.2 Å². The summed E-state index contributed by atoms with van der Waals surface area (Å²) < 4.78 is 0. The number of nitrogens with one attached hydrogen (secondary N) is 1. The summed E-state index contributed by atoms with van der Waals surface area (Å²) >= 11 is 0. The molecule has 0 radical (unpaired) electrons. The minimum absolute atomic E-state index is 0.0941. The van der Waals surface area contributed by atoms with Crippen molar-refractivity contribution in [3.8, 4) is 0 Å². The zero-order chi connectivity index (χ0) is 16.7. The van der Waals surface area contributed by atoms with Crippen LogP contribution in [0.2, 0.25) is 0 Å². The van der Waals surface area contributed by atoms with E-state index in [9.17, 15) is 9.90 Å². The van der Waals surface area contributed by atoms with Crippen molar-refractivity contribution in [1.82, 2.24) is 5.32 Å². The van der Waals surface area contributed by atoms with Crippen LogP contribution in [0.5, 0.6) is 0 Å². The predicted octanol–water partition coefficient (Wildman–Crippen LogP) is 2.67. The monoisotopic (exact) mass is 312 g/mol. The number of aliphatic hydroxyl groups excluding tert-OH is 1. The number of rotatable bonds is 7. The largest absolute Gasteiger partial charge is 0.387 e. The number of hydrogen-bond acceptors (Lipinski definition) is 3. The fourth-order valence-corrected chi connectivity index (χ4v) is 2.53. The quantitative estimate of drug-likeness (QED) is 0.826. The lowest BCUT2D eigenvalue weighted by atomic mass is 10.0. The summed E-state index contributed by atoms with van der Waals surface area (Å²) in [6, 6.07) is 17.5. The zero-order valence-electron chi connectivity index (χ0n) is 13.7. The summed E-state index contributed by atoms with van der Waals surface area (Å²) in [4.78, 5) is 14.1. The van der Waals surface area contributed by atoms with E-state index < -0.39 is 6.10 Å². The van der Waals surface area contributed by atoms with E-state index in [4.69, 9.17) is 0 Å². The number of likely N-dealkylation sites (N-methyl/N-ethyl adjacent to an activating group) is 1. The van der Waals surface area contributed by atoms with Crippen LogP contribution in [0.15, 0.2) is 54.6 Å². The number of hydrogen-bond donors (Lipinski definition) is 2. The van der Waals surface area contributed by atoms with Crippen molar-refractivity contribution in [3.05, 3.63) is 65.7 Å². The van der Waals surface area contributed by atoms with E-state index in [1.54, 1.807) is 0 Å². The molecule has 2 aromatic rings. The lowest BCUT2D eigenvalue weighted by Gasteiger charge is -2.23. The second kappa shape index (κ2) is 8.34. The van der Waals surface area contributed by atoms with Crippen LogP contribution in [0.3, 0.4) is 0 Å². The first-order chi connectivity index (χ1) is 11.1. The van der Waals surface area contributed by atoms with Gasteiger partial charge >= 0.3 is 0 Å². The number of benzene rings is 2. The van der Waals surface area contributed by atoms with Gasteiger partial charge in [-0.1, -0.05) is 42.5 Å². The van der Waals surface area contributed by atoms with E-state index >= 15 is 0 Å². The summed E-state index contributed by atoms with van der Waals surface area (Å²) in [5.74, 6) is -0.0941. The van der Waals surface area contributed by atoms with Gasteiger partial charge in [-0.25, -0.2) is 0 Å². The van der Waals surface area contributed by atoms with Crippen LogP contribution >= 0.6 is 0 Å². The predicted molar refractivity (Wildman–Crippen MR) is 93.5 cm³/mol.